The maximum Gasteiger partial charge on any atom is 0.330 e. The van der Waals surface area contributed by atoms with Crippen LogP contribution in [-0.4, -0.2) is 31.3 Å². The summed E-state index contributed by atoms with van der Waals surface area (Å²) in [6, 6.07) is 12.3. The van der Waals surface area contributed by atoms with Gasteiger partial charge in [0.15, 0.2) is 0 Å². The molecular weight excluding hydrogens is 468 g/mol. The van der Waals surface area contributed by atoms with Gasteiger partial charge in [0.25, 0.3) is 0 Å². The molecule has 0 amide bonds. The summed E-state index contributed by atoms with van der Waals surface area (Å²) in [5.41, 5.74) is 14.6. The Morgan fingerprint density at radius 2 is 1.70 bits per heavy atom. The number of anilines is 2. The van der Waals surface area contributed by atoms with Gasteiger partial charge in [-0.15, -0.1) is 0 Å². The van der Waals surface area contributed by atoms with Gasteiger partial charge in [0.05, 0.1) is 18.6 Å². The number of esters is 2. The van der Waals surface area contributed by atoms with Gasteiger partial charge in [-0.3, -0.25) is 4.79 Å². The quantitative estimate of drug-likeness (QED) is 0.117. The zero-order chi connectivity index (χ0) is 26.5. The SMILES string of the molecule is CCCCCCOC1CCC(C(=O)Oc2ccc(C=CC(=O)OCCc3cc(N)ccc3N)cc2)CC1. The number of carbonyl (C=O) groups is 2. The molecule has 3 rings (SSSR count). The van der Waals surface area contributed by atoms with Crippen LogP contribution in [0.4, 0.5) is 11.4 Å². The molecule has 7 heteroatoms. The molecule has 0 radical (unpaired) electrons. The van der Waals surface area contributed by atoms with Crippen molar-refractivity contribution < 1.29 is 23.8 Å². The molecule has 1 fully saturated rings. The summed E-state index contributed by atoms with van der Waals surface area (Å²) in [7, 11) is 0. The molecule has 0 unspecified atom stereocenters. The van der Waals surface area contributed by atoms with E-state index in [1.807, 2.05) is 0 Å². The van der Waals surface area contributed by atoms with Gasteiger partial charge in [0.1, 0.15) is 5.75 Å². The molecule has 0 bridgehead atoms. The van der Waals surface area contributed by atoms with Crippen molar-refractivity contribution in [2.24, 2.45) is 5.92 Å². The zero-order valence-electron chi connectivity index (χ0n) is 21.8. The van der Waals surface area contributed by atoms with Crippen LogP contribution in [0.1, 0.15) is 69.4 Å². The maximum absolute atomic E-state index is 12.6. The number of unbranched alkanes of at least 4 members (excludes halogenated alkanes) is 3. The maximum atomic E-state index is 12.6. The Bertz CT molecular complexity index is 1030. The van der Waals surface area contributed by atoms with E-state index in [1.54, 1.807) is 48.5 Å². The molecule has 37 heavy (non-hydrogen) atoms. The van der Waals surface area contributed by atoms with Crippen molar-refractivity contribution in [1.82, 2.24) is 0 Å². The highest BCUT2D eigenvalue weighted by Gasteiger charge is 2.28. The molecular formula is C30H40N2O5. The van der Waals surface area contributed by atoms with Gasteiger partial charge in [-0.25, -0.2) is 4.79 Å². The highest BCUT2D eigenvalue weighted by atomic mass is 16.5. The molecule has 0 aromatic heterocycles. The zero-order valence-corrected chi connectivity index (χ0v) is 21.8. The van der Waals surface area contributed by atoms with Crippen molar-refractivity contribution in [3.05, 3.63) is 59.7 Å². The number of ether oxygens (including phenoxy) is 3. The lowest BCUT2D eigenvalue weighted by molar-refractivity contribution is -0.141. The van der Waals surface area contributed by atoms with Crippen LogP contribution in [-0.2, 0) is 25.5 Å². The van der Waals surface area contributed by atoms with Crippen molar-refractivity contribution in [2.75, 3.05) is 24.7 Å². The van der Waals surface area contributed by atoms with Crippen LogP contribution in [0, 0.1) is 5.92 Å². The third kappa shape index (κ3) is 9.92. The molecule has 1 saturated carbocycles. The van der Waals surface area contributed by atoms with Crippen LogP contribution in [0.15, 0.2) is 48.5 Å². The predicted octanol–water partition coefficient (Wildman–Crippen LogP) is 5.71. The third-order valence-electron chi connectivity index (χ3n) is 6.65. The number of nitrogen functional groups attached to an aromatic ring is 2. The fourth-order valence-electron chi connectivity index (χ4n) is 4.41. The normalized spacial score (nSPS) is 17.5. The fraction of sp³-hybridized carbons (Fsp3) is 0.467. The Kier molecular flexibility index (Phi) is 11.5. The Morgan fingerprint density at radius 1 is 0.946 bits per heavy atom. The van der Waals surface area contributed by atoms with Crippen molar-refractivity contribution >= 4 is 29.4 Å². The largest absolute Gasteiger partial charge is 0.462 e. The number of rotatable bonds is 13. The summed E-state index contributed by atoms with van der Waals surface area (Å²) < 4.78 is 16.8. The topological polar surface area (TPSA) is 114 Å². The summed E-state index contributed by atoms with van der Waals surface area (Å²) in [5.74, 6) is -0.219. The van der Waals surface area contributed by atoms with E-state index < -0.39 is 5.97 Å². The van der Waals surface area contributed by atoms with E-state index in [1.165, 1.54) is 25.3 Å². The number of hydrogen-bond donors (Lipinski definition) is 2. The van der Waals surface area contributed by atoms with E-state index in [0.29, 0.717) is 23.5 Å². The lowest BCUT2D eigenvalue weighted by atomic mass is 9.87. The highest BCUT2D eigenvalue weighted by Crippen LogP contribution is 2.28. The molecule has 4 N–H and O–H groups in total. The smallest absolute Gasteiger partial charge is 0.330 e. The molecule has 1 aliphatic carbocycles. The minimum atomic E-state index is -0.446. The summed E-state index contributed by atoms with van der Waals surface area (Å²) in [4.78, 5) is 24.6. The molecule has 0 heterocycles. The van der Waals surface area contributed by atoms with E-state index in [2.05, 4.69) is 6.92 Å². The molecule has 2 aromatic rings. The Morgan fingerprint density at radius 3 is 2.43 bits per heavy atom. The van der Waals surface area contributed by atoms with Gasteiger partial charge in [-0.1, -0.05) is 38.3 Å². The second-order valence-electron chi connectivity index (χ2n) is 9.60. The van der Waals surface area contributed by atoms with Gasteiger partial charge in [-0.2, -0.15) is 0 Å². The van der Waals surface area contributed by atoms with E-state index in [9.17, 15) is 9.59 Å². The van der Waals surface area contributed by atoms with Crippen LogP contribution in [0.3, 0.4) is 0 Å². The number of carbonyl (C=O) groups excluding carboxylic acids is 2. The summed E-state index contributed by atoms with van der Waals surface area (Å²) >= 11 is 0. The van der Waals surface area contributed by atoms with Crippen molar-refractivity contribution in [1.29, 1.82) is 0 Å². The molecule has 0 spiro atoms. The molecule has 0 aliphatic heterocycles. The fourth-order valence-corrected chi connectivity index (χ4v) is 4.41. The van der Waals surface area contributed by atoms with Gasteiger partial charge in [0, 0.05) is 30.5 Å². The minimum Gasteiger partial charge on any atom is -0.462 e. The number of nitrogens with two attached hydrogens (primary N) is 2. The van der Waals surface area contributed by atoms with Crippen molar-refractivity contribution in [2.45, 2.75) is 70.8 Å². The van der Waals surface area contributed by atoms with E-state index in [0.717, 1.165) is 49.8 Å². The number of benzene rings is 2. The average Bonchev–Trinajstić information content (AvgIpc) is 2.90. The van der Waals surface area contributed by atoms with Gasteiger partial charge in [-0.05, 0) is 79.6 Å². The monoisotopic (exact) mass is 508 g/mol. The Balaban J connectivity index is 1.35. The molecule has 7 nitrogen and oxygen atoms in total. The molecule has 200 valence electrons. The summed E-state index contributed by atoms with van der Waals surface area (Å²) in [5, 5.41) is 0. The van der Waals surface area contributed by atoms with E-state index in [-0.39, 0.29) is 24.6 Å². The Labute approximate surface area is 220 Å². The molecule has 0 atom stereocenters. The van der Waals surface area contributed by atoms with Crippen LogP contribution in [0.2, 0.25) is 0 Å². The molecule has 0 saturated heterocycles. The summed E-state index contributed by atoms with van der Waals surface area (Å²) in [6.07, 6.45) is 12.0. The van der Waals surface area contributed by atoms with Crippen LogP contribution in [0.25, 0.3) is 6.08 Å². The lowest BCUT2D eigenvalue weighted by Crippen LogP contribution is -2.29. The predicted molar refractivity (Wildman–Crippen MR) is 147 cm³/mol. The van der Waals surface area contributed by atoms with E-state index >= 15 is 0 Å². The first kappa shape index (κ1) is 28.3. The Hall–Kier alpha value is -3.32. The van der Waals surface area contributed by atoms with E-state index in [4.69, 9.17) is 25.7 Å². The van der Waals surface area contributed by atoms with Crippen LogP contribution in [0.5, 0.6) is 5.75 Å². The second-order valence-corrected chi connectivity index (χ2v) is 9.60. The van der Waals surface area contributed by atoms with Crippen molar-refractivity contribution in [3.8, 4) is 5.75 Å². The average molecular weight is 509 g/mol. The molecule has 2 aromatic carbocycles. The first-order chi connectivity index (χ1) is 17.9. The van der Waals surface area contributed by atoms with Crippen LogP contribution < -0.4 is 16.2 Å². The van der Waals surface area contributed by atoms with Crippen molar-refractivity contribution in [3.63, 3.8) is 0 Å². The lowest BCUT2D eigenvalue weighted by Gasteiger charge is -2.27. The molecule has 1 aliphatic rings. The first-order valence-electron chi connectivity index (χ1n) is 13.4. The second kappa shape index (κ2) is 15.1. The first-order valence-corrected chi connectivity index (χ1v) is 13.4. The van der Waals surface area contributed by atoms with Gasteiger partial charge < -0.3 is 25.7 Å². The number of hydrogen-bond acceptors (Lipinski definition) is 7. The standard InChI is InChI=1S/C30H40N2O5/c1-2-3-4-5-19-35-26-14-9-23(10-15-26)30(34)37-27-12-6-22(7-13-27)8-17-29(33)36-20-18-24-21-25(31)11-16-28(24)32/h6-8,11-13,16-17,21,23,26H,2-5,9-10,14-15,18-20,31-32H2,1H3. The summed E-state index contributed by atoms with van der Waals surface area (Å²) in [6.45, 7) is 3.23. The minimum absolute atomic E-state index is 0.0861. The van der Waals surface area contributed by atoms with Gasteiger partial charge in [0.2, 0.25) is 0 Å². The van der Waals surface area contributed by atoms with Gasteiger partial charge >= 0.3 is 11.9 Å². The van der Waals surface area contributed by atoms with Crippen LogP contribution >= 0.6 is 0 Å². The highest BCUT2D eigenvalue weighted by molar-refractivity contribution is 5.87. The third-order valence-corrected chi connectivity index (χ3v) is 6.65.